The van der Waals surface area contributed by atoms with Gasteiger partial charge < -0.3 is 20.1 Å². The highest BCUT2D eigenvalue weighted by atomic mass is 16.6. The maximum absolute atomic E-state index is 12.9. The number of hydrogen-bond acceptors (Lipinski definition) is 6. The van der Waals surface area contributed by atoms with E-state index in [0.29, 0.717) is 17.8 Å². The first-order valence-corrected chi connectivity index (χ1v) is 10.7. The number of aromatic nitrogens is 1. The van der Waals surface area contributed by atoms with Crippen LogP contribution in [-0.4, -0.2) is 28.4 Å². The van der Waals surface area contributed by atoms with E-state index in [1.165, 1.54) is 4.57 Å². The van der Waals surface area contributed by atoms with Crippen molar-refractivity contribution in [2.75, 3.05) is 5.32 Å². The molecule has 2 atom stereocenters. The van der Waals surface area contributed by atoms with Gasteiger partial charge in [-0.25, -0.2) is 14.2 Å². The molecule has 2 N–H and O–H groups in total. The number of nitrogens with one attached hydrogen (secondary N) is 2. The van der Waals surface area contributed by atoms with E-state index in [0.717, 1.165) is 5.56 Å². The van der Waals surface area contributed by atoms with Crippen molar-refractivity contribution in [1.82, 2.24) is 9.88 Å². The number of carbonyl (C=O) groups is 2. The Morgan fingerprint density at radius 2 is 1.97 bits per heavy atom. The van der Waals surface area contributed by atoms with Crippen molar-refractivity contribution >= 4 is 17.9 Å². The summed E-state index contributed by atoms with van der Waals surface area (Å²) in [7, 11) is 0. The number of benzene rings is 1. The van der Waals surface area contributed by atoms with Crippen LogP contribution in [-0.2, 0) is 16.1 Å². The van der Waals surface area contributed by atoms with Crippen LogP contribution >= 0.6 is 0 Å². The number of anilines is 1. The first kappa shape index (κ1) is 23.2. The Morgan fingerprint density at radius 3 is 2.56 bits per heavy atom. The highest BCUT2D eigenvalue weighted by Gasteiger charge is 2.36. The average Bonchev–Trinajstić information content (AvgIpc) is 3.11. The molecule has 32 heavy (non-hydrogen) atoms. The predicted molar refractivity (Wildman–Crippen MR) is 120 cm³/mol. The maximum Gasteiger partial charge on any atom is 0.419 e. The van der Waals surface area contributed by atoms with Gasteiger partial charge in [0.15, 0.2) is 0 Å². The molecule has 1 amide bonds. The van der Waals surface area contributed by atoms with Crippen molar-refractivity contribution in [3.05, 3.63) is 53.3 Å². The van der Waals surface area contributed by atoms with E-state index < -0.39 is 23.8 Å². The van der Waals surface area contributed by atoms with Crippen LogP contribution < -0.4 is 10.6 Å². The van der Waals surface area contributed by atoms with E-state index in [1.807, 2.05) is 30.3 Å². The Kier molecular flexibility index (Phi) is 6.78. The summed E-state index contributed by atoms with van der Waals surface area (Å²) < 4.78 is 12.2. The Morgan fingerprint density at radius 1 is 1.28 bits per heavy atom. The van der Waals surface area contributed by atoms with E-state index in [4.69, 9.17) is 9.47 Å². The number of amides is 1. The van der Waals surface area contributed by atoms with Crippen LogP contribution in [0.15, 0.2) is 36.4 Å². The van der Waals surface area contributed by atoms with Gasteiger partial charge in [0.05, 0.1) is 17.4 Å². The number of fused-ring (bicyclic) bond motifs is 1. The molecular weight excluding hydrogens is 408 g/mol. The molecule has 2 aromatic rings. The molecule has 0 saturated heterocycles. The van der Waals surface area contributed by atoms with Gasteiger partial charge in [0.25, 0.3) is 0 Å². The molecule has 1 aromatic carbocycles. The van der Waals surface area contributed by atoms with E-state index in [-0.39, 0.29) is 24.3 Å². The highest BCUT2D eigenvalue weighted by Crippen LogP contribution is 2.37. The molecule has 3 rings (SSSR count). The highest BCUT2D eigenvalue weighted by molar-refractivity contribution is 5.79. The molecule has 170 valence electrons. The fraction of sp³-hybridized carbons (Fsp3) is 0.458. The lowest BCUT2D eigenvalue weighted by molar-refractivity contribution is 0.0526. The minimum atomic E-state index is -0.735. The van der Waals surface area contributed by atoms with Gasteiger partial charge in [-0.05, 0) is 44.7 Å². The zero-order valence-corrected chi connectivity index (χ0v) is 19.1. The van der Waals surface area contributed by atoms with Crippen molar-refractivity contribution in [2.45, 2.75) is 65.3 Å². The summed E-state index contributed by atoms with van der Waals surface area (Å²) in [5, 5.41) is 15.9. The van der Waals surface area contributed by atoms with E-state index >= 15 is 0 Å². The van der Waals surface area contributed by atoms with Crippen molar-refractivity contribution < 1.29 is 19.1 Å². The van der Waals surface area contributed by atoms with Crippen LogP contribution in [0.1, 0.15) is 64.0 Å². The van der Waals surface area contributed by atoms with Crippen LogP contribution in [0.2, 0.25) is 0 Å². The van der Waals surface area contributed by atoms with Crippen LogP contribution in [0.5, 0.6) is 0 Å². The minimum Gasteiger partial charge on any atom is -0.445 e. The molecule has 0 bridgehead atoms. The number of hydrogen-bond donors (Lipinski definition) is 2. The maximum atomic E-state index is 12.9. The third-order valence-electron chi connectivity index (χ3n) is 5.20. The lowest BCUT2D eigenvalue weighted by Crippen LogP contribution is -2.41. The molecule has 0 unspecified atom stereocenters. The van der Waals surface area contributed by atoms with Crippen molar-refractivity contribution in [3.8, 4) is 6.07 Å². The molecule has 0 radical (unpaired) electrons. The summed E-state index contributed by atoms with van der Waals surface area (Å²) in [6.45, 7) is 9.56. The molecule has 8 heteroatoms. The molecule has 1 aliphatic heterocycles. The van der Waals surface area contributed by atoms with Gasteiger partial charge in [-0.3, -0.25) is 0 Å². The van der Waals surface area contributed by atoms with Gasteiger partial charge in [-0.2, -0.15) is 5.26 Å². The summed E-state index contributed by atoms with van der Waals surface area (Å²) in [5.74, 6) is 0.267. The second kappa shape index (κ2) is 9.35. The summed E-state index contributed by atoms with van der Waals surface area (Å²) in [5.41, 5.74) is 1.40. The van der Waals surface area contributed by atoms with E-state index in [1.54, 1.807) is 26.8 Å². The van der Waals surface area contributed by atoms with Crippen LogP contribution in [0.25, 0.3) is 0 Å². The van der Waals surface area contributed by atoms with Crippen molar-refractivity contribution in [2.24, 2.45) is 5.92 Å². The SMILES string of the molecule is CC(C)[C@@H]1C[C@H](NC(=O)OCc2ccccc2)c2c(cc(C#N)n2C(=O)OC(C)(C)C)N1. The number of carbonyl (C=O) groups excluding carboxylic acids is 2. The standard InChI is InChI=1S/C24H30N4O4/c1-15(2)18-12-20(27-22(29)31-14-16-9-7-6-8-10-16)21-19(26-18)11-17(13-25)28(21)23(30)32-24(3,4)5/h6-11,15,18,20,26H,12,14H2,1-5H3,(H,27,29)/t18-,20-/m0/s1. The molecule has 0 saturated carbocycles. The average molecular weight is 439 g/mol. The molecule has 1 aliphatic rings. The second-order valence-electron chi connectivity index (χ2n) is 9.25. The molecular formula is C24H30N4O4. The zero-order chi connectivity index (χ0) is 23.5. The summed E-state index contributed by atoms with van der Waals surface area (Å²) in [6.07, 6.45) is -0.725. The number of alkyl carbamates (subject to hydrolysis) is 1. The van der Waals surface area contributed by atoms with Gasteiger partial charge in [-0.1, -0.05) is 44.2 Å². The number of rotatable bonds is 4. The van der Waals surface area contributed by atoms with Gasteiger partial charge in [0.1, 0.15) is 24.0 Å². The van der Waals surface area contributed by atoms with Gasteiger partial charge in [-0.15, -0.1) is 0 Å². The predicted octanol–water partition coefficient (Wildman–Crippen LogP) is 4.95. The van der Waals surface area contributed by atoms with E-state index in [2.05, 4.69) is 30.6 Å². The van der Waals surface area contributed by atoms with Crippen LogP contribution in [0, 0.1) is 17.2 Å². The lowest BCUT2D eigenvalue weighted by Gasteiger charge is -2.34. The van der Waals surface area contributed by atoms with Gasteiger partial charge in [0.2, 0.25) is 0 Å². The molecule has 0 fully saturated rings. The lowest BCUT2D eigenvalue weighted by atomic mass is 9.91. The molecule has 0 spiro atoms. The molecule has 2 heterocycles. The third kappa shape index (κ3) is 5.41. The Bertz CT molecular complexity index is 1020. The molecule has 0 aliphatic carbocycles. The van der Waals surface area contributed by atoms with Crippen molar-refractivity contribution in [3.63, 3.8) is 0 Å². The van der Waals surface area contributed by atoms with E-state index in [9.17, 15) is 14.9 Å². The summed E-state index contributed by atoms with van der Waals surface area (Å²) in [4.78, 5) is 25.6. The zero-order valence-electron chi connectivity index (χ0n) is 19.1. The monoisotopic (exact) mass is 438 g/mol. The first-order valence-electron chi connectivity index (χ1n) is 10.7. The quantitative estimate of drug-likeness (QED) is 0.700. The van der Waals surface area contributed by atoms with Crippen LogP contribution in [0.3, 0.4) is 0 Å². The number of ether oxygens (including phenoxy) is 2. The number of nitriles is 1. The Balaban J connectivity index is 1.89. The first-order chi connectivity index (χ1) is 15.1. The van der Waals surface area contributed by atoms with Gasteiger partial charge in [0, 0.05) is 6.04 Å². The minimum absolute atomic E-state index is 0.0444. The Hall–Kier alpha value is -3.47. The normalized spacial score (nSPS) is 17.7. The molecule has 1 aromatic heterocycles. The number of nitrogens with zero attached hydrogens (tertiary/aromatic N) is 2. The summed E-state index contributed by atoms with van der Waals surface area (Å²) >= 11 is 0. The smallest absolute Gasteiger partial charge is 0.419 e. The summed E-state index contributed by atoms with van der Waals surface area (Å²) in [6, 6.07) is 12.6. The Labute approximate surface area is 188 Å². The molecule has 8 nitrogen and oxygen atoms in total. The fourth-order valence-corrected chi connectivity index (χ4v) is 3.67. The largest absolute Gasteiger partial charge is 0.445 e. The second-order valence-corrected chi connectivity index (χ2v) is 9.25. The van der Waals surface area contributed by atoms with Gasteiger partial charge >= 0.3 is 12.2 Å². The van der Waals surface area contributed by atoms with Crippen LogP contribution in [0.4, 0.5) is 15.3 Å². The fourth-order valence-electron chi connectivity index (χ4n) is 3.67. The van der Waals surface area contributed by atoms with Crippen molar-refractivity contribution in [1.29, 1.82) is 5.26 Å². The third-order valence-corrected chi connectivity index (χ3v) is 5.20. The topological polar surface area (TPSA) is 105 Å².